The summed E-state index contributed by atoms with van der Waals surface area (Å²) in [6.07, 6.45) is 0. The lowest BCUT2D eigenvalue weighted by atomic mass is 9.82. The lowest BCUT2D eigenvalue weighted by Gasteiger charge is -2.24. The molecular weight excluding hydrogens is 444 g/mol. The number of hydrogen-bond acceptors (Lipinski definition) is 9. The van der Waals surface area contributed by atoms with Crippen molar-refractivity contribution >= 4 is 0 Å². The van der Waals surface area contributed by atoms with Gasteiger partial charge < -0.3 is 44.8 Å². The van der Waals surface area contributed by atoms with Crippen LogP contribution in [0.3, 0.4) is 0 Å². The van der Waals surface area contributed by atoms with E-state index >= 15 is 0 Å². The minimum Gasteiger partial charge on any atom is -0.507 e. The van der Waals surface area contributed by atoms with Gasteiger partial charge in [-0.25, -0.2) is 0 Å². The van der Waals surface area contributed by atoms with Gasteiger partial charge in [-0.1, -0.05) is 0 Å². The molecule has 3 rings (SSSR count). The molecule has 0 aliphatic heterocycles. The number of hydrogen-bond donors (Lipinski definition) is 6. The Hall–Kier alpha value is -3.66. The SMILES string of the molecule is COc1cc(C(c2cc(CO)c(O)c(CO)c2)c2cc(OC)c(O)c(OC)c2)cc(CO)c1O. The standard InChI is InChI=1S/C25H28O9/c1-32-19-7-14(6-18(12-28)24(19)30)22(13-4-16(10-26)23(29)17(5-13)11-27)15-8-20(33-2)25(31)21(9-15)34-3/h4-9,22,26-31H,10-12H2,1-3H3. The second-order valence-corrected chi connectivity index (χ2v) is 7.60. The first-order valence-corrected chi connectivity index (χ1v) is 10.3. The predicted molar refractivity (Wildman–Crippen MR) is 123 cm³/mol. The molecule has 9 heteroatoms. The van der Waals surface area contributed by atoms with Gasteiger partial charge in [-0.15, -0.1) is 0 Å². The number of aliphatic hydroxyl groups is 3. The summed E-state index contributed by atoms with van der Waals surface area (Å²) in [6, 6.07) is 9.56. The first-order valence-electron chi connectivity index (χ1n) is 10.3. The normalized spacial score (nSPS) is 11.8. The van der Waals surface area contributed by atoms with Crippen molar-refractivity contribution in [3.8, 4) is 34.5 Å². The Morgan fingerprint density at radius 2 is 0.853 bits per heavy atom. The minimum atomic E-state index is -0.639. The van der Waals surface area contributed by atoms with E-state index in [0.717, 1.165) is 0 Å². The van der Waals surface area contributed by atoms with Gasteiger partial charge in [0.25, 0.3) is 0 Å². The van der Waals surface area contributed by atoms with Crippen molar-refractivity contribution in [1.82, 2.24) is 0 Å². The van der Waals surface area contributed by atoms with Crippen molar-refractivity contribution in [3.63, 3.8) is 0 Å². The van der Waals surface area contributed by atoms with Gasteiger partial charge in [0.15, 0.2) is 23.0 Å². The van der Waals surface area contributed by atoms with Gasteiger partial charge in [0.05, 0.1) is 41.2 Å². The summed E-state index contributed by atoms with van der Waals surface area (Å²) in [7, 11) is 4.18. The van der Waals surface area contributed by atoms with Crippen molar-refractivity contribution in [3.05, 3.63) is 69.8 Å². The third kappa shape index (κ3) is 4.54. The molecule has 0 amide bonds. The monoisotopic (exact) mass is 472 g/mol. The van der Waals surface area contributed by atoms with Crippen LogP contribution in [0.2, 0.25) is 0 Å². The van der Waals surface area contributed by atoms with Crippen LogP contribution in [0.4, 0.5) is 0 Å². The second kappa shape index (κ2) is 10.5. The van der Waals surface area contributed by atoms with Crippen LogP contribution in [0.25, 0.3) is 0 Å². The van der Waals surface area contributed by atoms with E-state index in [1.54, 1.807) is 36.4 Å². The average molecular weight is 472 g/mol. The molecule has 6 N–H and O–H groups in total. The third-order valence-electron chi connectivity index (χ3n) is 5.70. The number of aromatic hydroxyl groups is 3. The molecule has 3 aromatic rings. The highest BCUT2D eigenvalue weighted by molar-refractivity contribution is 5.60. The fraction of sp³-hybridized carbons (Fsp3) is 0.280. The van der Waals surface area contributed by atoms with Gasteiger partial charge in [-0.05, 0) is 53.1 Å². The summed E-state index contributed by atoms with van der Waals surface area (Å²) in [6.45, 7) is -1.39. The molecule has 1 unspecified atom stereocenters. The molecule has 0 bridgehead atoms. The van der Waals surface area contributed by atoms with Gasteiger partial charge in [0.2, 0.25) is 5.75 Å². The van der Waals surface area contributed by atoms with E-state index in [1.807, 2.05) is 0 Å². The van der Waals surface area contributed by atoms with E-state index in [2.05, 4.69) is 0 Å². The third-order valence-corrected chi connectivity index (χ3v) is 5.70. The molecule has 0 heterocycles. The topological polar surface area (TPSA) is 149 Å². The highest BCUT2D eigenvalue weighted by Gasteiger charge is 2.25. The minimum absolute atomic E-state index is 0.132. The van der Waals surface area contributed by atoms with Crippen LogP contribution in [0, 0.1) is 0 Å². The number of aliphatic hydroxyl groups excluding tert-OH is 3. The molecule has 3 aromatic carbocycles. The molecule has 0 aromatic heterocycles. The number of ether oxygens (including phenoxy) is 3. The fourth-order valence-corrected chi connectivity index (χ4v) is 3.98. The largest absolute Gasteiger partial charge is 0.507 e. The molecule has 0 radical (unpaired) electrons. The maximum absolute atomic E-state index is 10.4. The summed E-state index contributed by atoms with van der Waals surface area (Å²) in [5, 5.41) is 60.5. The molecular formula is C25H28O9. The quantitative estimate of drug-likeness (QED) is 0.258. The molecule has 9 nitrogen and oxygen atoms in total. The van der Waals surface area contributed by atoms with Crippen molar-refractivity contribution in [2.75, 3.05) is 21.3 Å². The van der Waals surface area contributed by atoms with Gasteiger partial charge in [-0.2, -0.15) is 0 Å². The van der Waals surface area contributed by atoms with Crippen LogP contribution >= 0.6 is 0 Å². The summed E-state index contributed by atoms with van der Waals surface area (Å²) in [5.41, 5.74) is 2.36. The fourth-order valence-electron chi connectivity index (χ4n) is 3.98. The smallest absolute Gasteiger partial charge is 0.200 e. The Bertz CT molecular complexity index is 952. The Labute approximate surface area is 196 Å². The van der Waals surface area contributed by atoms with Gasteiger partial charge in [-0.3, -0.25) is 0 Å². The molecule has 34 heavy (non-hydrogen) atoms. The molecule has 0 spiro atoms. The second-order valence-electron chi connectivity index (χ2n) is 7.60. The molecule has 0 saturated carbocycles. The zero-order valence-electron chi connectivity index (χ0n) is 19.1. The van der Waals surface area contributed by atoms with E-state index in [-0.39, 0.29) is 51.2 Å². The number of rotatable bonds is 9. The highest BCUT2D eigenvalue weighted by Crippen LogP contribution is 2.45. The average Bonchev–Trinajstić information content (AvgIpc) is 2.86. The van der Waals surface area contributed by atoms with Crippen molar-refractivity contribution in [2.45, 2.75) is 25.7 Å². The Balaban J connectivity index is 2.40. The van der Waals surface area contributed by atoms with Gasteiger partial charge in [0, 0.05) is 22.6 Å². The lowest BCUT2D eigenvalue weighted by Crippen LogP contribution is -2.08. The molecule has 0 aliphatic rings. The molecule has 0 saturated heterocycles. The Kier molecular flexibility index (Phi) is 7.72. The van der Waals surface area contributed by atoms with E-state index in [9.17, 15) is 30.6 Å². The Morgan fingerprint density at radius 3 is 1.24 bits per heavy atom. The molecule has 0 fully saturated rings. The number of phenolic OH excluding ortho intramolecular Hbond substituents is 1. The van der Waals surface area contributed by atoms with Crippen molar-refractivity contribution in [1.29, 1.82) is 0 Å². The van der Waals surface area contributed by atoms with Crippen LogP contribution in [-0.2, 0) is 19.8 Å². The van der Waals surface area contributed by atoms with E-state index in [4.69, 9.17) is 14.2 Å². The number of phenols is 3. The molecule has 0 aliphatic carbocycles. The Morgan fingerprint density at radius 1 is 0.529 bits per heavy atom. The van der Waals surface area contributed by atoms with Crippen LogP contribution in [0.5, 0.6) is 34.5 Å². The van der Waals surface area contributed by atoms with Gasteiger partial charge >= 0.3 is 0 Å². The van der Waals surface area contributed by atoms with Gasteiger partial charge in [0.1, 0.15) is 5.75 Å². The zero-order chi connectivity index (χ0) is 25.0. The van der Waals surface area contributed by atoms with Crippen molar-refractivity contribution < 1.29 is 44.8 Å². The number of benzene rings is 3. The maximum Gasteiger partial charge on any atom is 0.200 e. The number of methoxy groups -OCH3 is 3. The highest BCUT2D eigenvalue weighted by atomic mass is 16.5. The summed E-state index contributed by atoms with van der Waals surface area (Å²) < 4.78 is 15.9. The zero-order valence-corrected chi connectivity index (χ0v) is 19.1. The van der Waals surface area contributed by atoms with E-state index in [0.29, 0.717) is 16.7 Å². The first kappa shape index (κ1) is 25.0. The summed E-state index contributed by atoms with van der Waals surface area (Å²) >= 11 is 0. The van der Waals surface area contributed by atoms with Crippen LogP contribution in [0.15, 0.2) is 36.4 Å². The summed E-state index contributed by atoms with van der Waals surface area (Å²) in [4.78, 5) is 0. The summed E-state index contributed by atoms with van der Waals surface area (Å²) in [5.74, 6) is -0.817. The maximum atomic E-state index is 10.4. The van der Waals surface area contributed by atoms with Crippen LogP contribution in [0.1, 0.15) is 39.3 Å². The predicted octanol–water partition coefficient (Wildman–Crippen LogP) is 2.49. The molecule has 182 valence electrons. The molecule has 1 atom stereocenters. The van der Waals surface area contributed by atoms with E-state index in [1.165, 1.54) is 21.3 Å². The lowest BCUT2D eigenvalue weighted by molar-refractivity contribution is 0.263. The van der Waals surface area contributed by atoms with Crippen LogP contribution in [-0.4, -0.2) is 52.0 Å². The van der Waals surface area contributed by atoms with Crippen LogP contribution < -0.4 is 14.2 Å². The van der Waals surface area contributed by atoms with Crippen molar-refractivity contribution in [2.24, 2.45) is 0 Å². The first-order chi connectivity index (χ1) is 16.3. The van der Waals surface area contributed by atoms with E-state index < -0.39 is 25.7 Å².